The van der Waals surface area contributed by atoms with Crippen molar-refractivity contribution in [3.8, 4) is 5.69 Å². The van der Waals surface area contributed by atoms with Crippen LogP contribution >= 0.6 is 0 Å². The highest BCUT2D eigenvalue weighted by Crippen LogP contribution is 2.29. The summed E-state index contributed by atoms with van der Waals surface area (Å²) in [5.74, 6) is 1.36. The van der Waals surface area contributed by atoms with E-state index in [2.05, 4.69) is 10.1 Å². The predicted octanol–water partition coefficient (Wildman–Crippen LogP) is 1.81. The number of anilines is 1. The number of fused-ring (bicyclic) bond motifs is 3. The molecule has 0 aliphatic rings. The Labute approximate surface area is 138 Å². The Bertz CT molecular complexity index is 1020. The van der Waals surface area contributed by atoms with Crippen molar-refractivity contribution in [1.82, 2.24) is 24.3 Å². The maximum atomic E-state index is 9.06. The molecule has 0 fully saturated rings. The van der Waals surface area contributed by atoms with Gasteiger partial charge in [-0.3, -0.25) is 0 Å². The number of nitrogens with zero attached hydrogens (tertiary/aromatic N) is 5. The maximum Gasteiger partial charge on any atom is 0.150 e. The number of aromatic nitrogens is 5. The number of rotatable bonds is 4. The Kier molecular flexibility index (Phi) is 3.42. The number of aliphatic hydroxyl groups is 1. The smallest absolute Gasteiger partial charge is 0.150 e. The molecular weight excluding hydrogens is 304 g/mol. The zero-order valence-corrected chi connectivity index (χ0v) is 13.3. The molecule has 24 heavy (non-hydrogen) atoms. The quantitative estimate of drug-likeness (QED) is 0.597. The molecule has 4 rings (SSSR count). The number of imidazole rings is 1. The minimum Gasteiger partial charge on any atom is -0.396 e. The molecule has 122 valence electrons. The molecule has 0 atom stereocenters. The average molecular weight is 322 g/mol. The maximum absolute atomic E-state index is 9.06. The van der Waals surface area contributed by atoms with Gasteiger partial charge in [0.05, 0.1) is 11.2 Å². The van der Waals surface area contributed by atoms with E-state index < -0.39 is 0 Å². The highest BCUT2D eigenvalue weighted by atomic mass is 16.2. The van der Waals surface area contributed by atoms with Crippen LogP contribution in [0.1, 0.15) is 12.2 Å². The van der Waals surface area contributed by atoms with E-state index in [0.29, 0.717) is 18.7 Å². The Morgan fingerprint density at radius 3 is 2.88 bits per heavy atom. The molecule has 0 saturated carbocycles. The minimum absolute atomic E-state index is 0.144. The number of pyridine rings is 1. The lowest BCUT2D eigenvalue weighted by Gasteiger charge is -2.06. The second-order valence-electron chi connectivity index (χ2n) is 5.76. The molecular formula is C17H18N6O. The standard InChI is InChI=1S/C17H18N6O/c1-22-14(4-2-9-24)21-15-12-6-5-11(23-8-3-7-19-23)10-13(12)20-17(18)16(15)22/h3,5-8,10,24H,2,4,9H2,1H3,(H2,18,20). The summed E-state index contributed by atoms with van der Waals surface area (Å²) in [6.45, 7) is 0.144. The molecule has 3 aromatic heterocycles. The molecule has 0 spiro atoms. The Hall–Kier alpha value is -2.93. The summed E-state index contributed by atoms with van der Waals surface area (Å²) in [4.78, 5) is 9.30. The Balaban J connectivity index is 1.94. The number of aryl methyl sites for hydroxylation is 2. The van der Waals surface area contributed by atoms with Gasteiger partial charge in [0.15, 0.2) is 0 Å². The van der Waals surface area contributed by atoms with Crippen molar-refractivity contribution in [3.63, 3.8) is 0 Å². The number of aliphatic hydroxyl groups excluding tert-OH is 1. The van der Waals surface area contributed by atoms with Gasteiger partial charge in [-0.15, -0.1) is 0 Å². The summed E-state index contributed by atoms with van der Waals surface area (Å²) in [7, 11) is 1.93. The molecule has 0 amide bonds. The van der Waals surface area contributed by atoms with Crippen LogP contribution in [0.25, 0.3) is 27.6 Å². The molecule has 0 aliphatic heterocycles. The molecule has 7 nitrogen and oxygen atoms in total. The van der Waals surface area contributed by atoms with Crippen molar-refractivity contribution in [2.24, 2.45) is 7.05 Å². The summed E-state index contributed by atoms with van der Waals surface area (Å²) < 4.78 is 3.75. The van der Waals surface area contributed by atoms with Crippen LogP contribution in [0.5, 0.6) is 0 Å². The van der Waals surface area contributed by atoms with E-state index in [9.17, 15) is 0 Å². The van der Waals surface area contributed by atoms with Gasteiger partial charge >= 0.3 is 0 Å². The van der Waals surface area contributed by atoms with Gasteiger partial charge in [0, 0.05) is 37.9 Å². The number of hydrogen-bond acceptors (Lipinski definition) is 5. The van der Waals surface area contributed by atoms with Gasteiger partial charge in [-0.1, -0.05) is 0 Å². The third kappa shape index (κ3) is 2.21. The largest absolute Gasteiger partial charge is 0.396 e. The first kappa shape index (κ1) is 14.6. The third-order valence-electron chi connectivity index (χ3n) is 4.24. The Morgan fingerprint density at radius 1 is 1.25 bits per heavy atom. The van der Waals surface area contributed by atoms with Gasteiger partial charge in [0.25, 0.3) is 0 Å². The van der Waals surface area contributed by atoms with E-state index >= 15 is 0 Å². The van der Waals surface area contributed by atoms with E-state index in [4.69, 9.17) is 15.8 Å². The van der Waals surface area contributed by atoms with Crippen LogP contribution < -0.4 is 5.73 Å². The fraction of sp³-hybridized carbons (Fsp3) is 0.235. The number of benzene rings is 1. The fourth-order valence-corrected chi connectivity index (χ4v) is 3.05. The Morgan fingerprint density at radius 2 is 2.12 bits per heavy atom. The first-order valence-electron chi connectivity index (χ1n) is 7.84. The fourth-order valence-electron chi connectivity index (χ4n) is 3.05. The molecule has 4 aromatic rings. The van der Waals surface area contributed by atoms with Gasteiger partial charge in [0.2, 0.25) is 0 Å². The molecule has 0 unspecified atom stereocenters. The lowest BCUT2D eigenvalue weighted by Crippen LogP contribution is -2.02. The minimum atomic E-state index is 0.144. The number of nitrogens with two attached hydrogens (primary N) is 1. The zero-order chi connectivity index (χ0) is 16.7. The van der Waals surface area contributed by atoms with Gasteiger partial charge in [0.1, 0.15) is 22.7 Å². The topological polar surface area (TPSA) is 94.8 Å². The number of hydrogen-bond donors (Lipinski definition) is 2. The molecule has 1 aromatic carbocycles. The highest BCUT2D eigenvalue weighted by Gasteiger charge is 2.15. The van der Waals surface area contributed by atoms with E-state index in [1.165, 1.54) is 0 Å². The van der Waals surface area contributed by atoms with E-state index in [1.54, 1.807) is 10.9 Å². The first-order chi connectivity index (χ1) is 11.7. The molecule has 7 heteroatoms. The third-order valence-corrected chi connectivity index (χ3v) is 4.24. The monoisotopic (exact) mass is 322 g/mol. The van der Waals surface area contributed by atoms with Crippen LogP contribution in [0.2, 0.25) is 0 Å². The van der Waals surface area contributed by atoms with Gasteiger partial charge in [-0.05, 0) is 30.7 Å². The molecule has 3 heterocycles. The van der Waals surface area contributed by atoms with Gasteiger partial charge in [-0.25, -0.2) is 14.6 Å². The van der Waals surface area contributed by atoms with Crippen molar-refractivity contribution in [2.75, 3.05) is 12.3 Å². The predicted molar refractivity (Wildman–Crippen MR) is 93.0 cm³/mol. The van der Waals surface area contributed by atoms with E-state index in [1.807, 2.05) is 42.1 Å². The second kappa shape index (κ2) is 5.61. The molecule has 0 saturated heterocycles. The van der Waals surface area contributed by atoms with E-state index in [0.717, 1.165) is 33.4 Å². The van der Waals surface area contributed by atoms with Gasteiger partial charge in [-0.2, -0.15) is 5.10 Å². The van der Waals surface area contributed by atoms with Crippen LogP contribution in [-0.2, 0) is 13.5 Å². The van der Waals surface area contributed by atoms with Crippen molar-refractivity contribution in [3.05, 3.63) is 42.5 Å². The number of nitrogen functional groups attached to an aromatic ring is 1. The van der Waals surface area contributed by atoms with Crippen molar-refractivity contribution in [2.45, 2.75) is 12.8 Å². The molecule has 0 bridgehead atoms. The van der Waals surface area contributed by atoms with Crippen molar-refractivity contribution in [1.29, 1.82) is 0 Å². The first-order valence-corrected chi connectivity index (χ1v) is 7.84. The summed E-state index contributed by atoms with van der Waals surface area (Å²) in [5.41, 5.74) is 9.59. The summed E-state index contributed by atoms with van der Waals surface area (Å²) in [6, 6.07) is 7.83. The molecule has 0 radical (unpaired) electrons. The molecule has 3 N–H and O–H groups in total. The summed E-state index contributed by atoms with van der Waals surface area (Å²) >= 11 is 0. The average Bonchev–Trinajstić information content (AvgIpc) is 3.21. The van der Waals surface area contributed by atoms with E-state index in [-0.39, 0.29) is 6.61 Å². The lowest BCUT2D eigenvalue weighted by molar-refractivity contribution is 0.287. The summed E-state index contributed by atoms with van der Waals surface area (Å²) in [6.07, 6.45) is 5.00. The van der Waals surface area contributed by atoms with Crippen LogP contribution in [0, 0.1) is 0 Å². The molecule has 0 aliphatic carbocycles. The van der Waals surface area contributed by atoms with Crippen LogP contribution in [0.3, 0.4) is 0 Å². The summed E-state index contributed by atoms with van der Waals surface area (Å²) in [5, 5.41) is 14.3. The zero-order valence-electron chi connectivity index (χ0n) is 13.3. The van der Waals surface area contributed by atoms with Crippen molar-refractivity contribution < 1.29 is 5.11 Å². The SMILES string of the molecule is Cn1c(CCCO)nc2c3ccc(-n4cccn4)cc3nc(N)c21. The highest BCUT2D eigenvalue weighted by molar-refractivity contribution is 6.06. The normalized spacial score (nSPS) is 11.6. The van der Waals surface area contributed by atoms with Crippen molar-refractivity contribution >= 4 is 27.8 Å². The lowest BCUT2D eigenvalue weighted by atomic mass is 10.1. The van der Waals surface area contributed by atoms with Gasteiger partial charge < -0.3 is 15.4 Å². The van der Waals surface area contributed by atoms with Crippen LogP contribution in [-0.4, -0.2) is 36.0 Å². The van der Waals surface area contributed by atoms with Crippen LogP contribution in [0.4, 0.5) is 5.82 Å². The second-order valence-corrected chi connectivity index (χ2v) is 5.76. The van der Waals surface area contributed by atoms with Crippen LogP contribution in [0.15, 0.2) is 36.7 Å².